The van der Waals surface area contributed by atoms with Crippen LogP contribution in [0.1, 0.15) is 11.8 Å². The second-order valence-corrected chi connectivity index (χ2v) is 2.64. The van der Waals surface area contributed by atoms with Crippen LogP contribution in [0.15, 0.2) is 30.3 Å². The molecule has 0 saturated heterocycles. The molecule has 0 fully saturated rings. The second-order valence-electron chi connectivity index (χ2n) is 2.64. The Labute approximate surface area is 70.5 Å². The Hall–Kier alpha value is -1.35. The number of ether oxygens (including phenoxy) is 1. The van der Waals surface area contributed by atoms with Gasteiger partial charge in [0.25, 0.3) is 6.23 Å². The zero-order valence-electron chi connectivity index (χ0n) is 6.51. The standard InChI is InChI=1S/C9H9NO2/c11-10-6-7-12-9(10)8-4-2-1-3-5-8/h1-6,9H,7H2. The van der Waals surface area contributed by atoms with Crippen molar-refractivity contribution in [1.29, 1.82) is 0 Å². The quantitative estimate of drug-likeness (QED) is 0.462. The molecular formula is C9H9NO2. The van der Waals surface area contributed by atoms with Crippen LogP contribution in [0.3, 0.4) is 0 Å². The van der Waals surface area contributed by atoms with Crippen LogP contribution < -0.4 is 0 Å². The van der Waals surface area contributed by atoms with Gasteiger partial charge >= 0.3 is 0 Å². The van der Waals surface area contributed by atoms with Crippen molar-refractivity contribution >= 4 is 6.21 Å². The van der Waals surface area contributed by atoms with Crippen molar-refractivity contribution in [3.63, 3.8) is 0 Å². The van der Waals surface area contributed by atoms with Gasteiger partial charge in [-0.3, -0.25) is 0 Å². The molecule has 12 heavy (non-hydrogen) atoms. The summed E-state index contributed by atoms with van der Waals surface area (Å²) in [7, 11) is 0. The summed E-state index contributed by atoms with van der Waals surface area (Å²) < 4.78 is 6.05. The first-order chi connectivity index (χ1) is 5.88. The zero-order valence-corrected chi connectivity index (χ0v) is 6.51. The summed E-state index contributed by atoms with van der Waals surface area (Å²) in [6.45, 7) is 0.406. The minimum Gasteiger partial charge on any atom is -0.622 e. The summed E-state index contributed by atoms with van der Waals surface area (Å²) >= 11 is 0. The fourth-order valence-corrected chi connectivity index (χ4v) is 1.24. The van der Waals surface area contributed by atoms with Gasteiger partial charge < -0.3 is 9.94 Å². The predicted molar refractivity (Wildman–Crippen MR) is 44.8 cm³/mol. The van der Waals surface area contributed by atoms with Crippen molar-refractivity contribution in [2.75, 3.05) is 6.61 Å². The van der Waals surface area contributed by atoms with Crippen LogP contribution in [0.2, 0.25) is 0 Å². The SMILES string of the molecule is [O-][N+]1=CCOC1c1ccccc1. The van der Waals surface area contributed by atoms with Gasteiger partial charge in [0, 0.05) is 0 Å². The van der Waals surface area contributed by atoms with Crippen LogP contribution in [0.4, 0.5) is 0 Å². The van der Waals surface area contributed by atoms with E-state index < -0.39 is 6.23 Å². The lowest BCUT2D eigenvalue weighted by Gasteiger charge is -2.09. The average Bonchev–Trinajstić information content (AvgIpc) is 2.53. The lowest BCUT2D eigenvalue weighted by atomic mass is 10.2. The molecule has 1 aromatic rings. The average molecular weight is 163 g/mol. The topological polar surface area (TPSA) is 35.3 Å². The smallest absolute Gasteiger partial charge is 0.294 e. The minimum absolute atomic E-state index is 0.406. The summed E-state index contributed by atoms with van der Waals surface area (Å²) in [5.74, 6) is 0. The highest BCUT2D eigenvalue weighted by molar-refractivity contribution is 5.54. The summed E-state index contributed by atoms with van der Waals surface area (Å²) in [6, 6.07) is 9.47. The highest BCUT2D eigenvalue weighted by atomic mass is 16.6. The maximum Gasteiger partial charge on any atom is 0.294 e. The third kappa shape index (κ3) is 1.19. The molecule has 1 atom stereocenters. The van der Waals surface area contributed by atoms with Gasteiger partial charge in [-0.05, 0) is 12.1 Å². The Bertz CT molecular complexity index is 295. The number of hydrogen-bond donors (Lipinski definition) is 0. The van der Waals surface area contributed by atoms with Crippen molar-refractivity contribution in [2.24, 2.45) is 0 Å². The molecule has 2 rings (SSSR count). The third-order valence-electron chi connectivity index (χ3n) is 1.82. The molecule has 1 heterocycles. The molecule has 3 heteroatoms. The van der Waals surface area contributed by atoms with Gasteiger partial charge in [-0.15, -0.1) is 0 Å². The Morgan fingerprint density at radius 1 is 1.33 bits per heavy atom. The van der Waals surface area contributed by atoms with Crippen LogP contribution in [0.25, 0.3) is 0 Å². The maximum atomic E-state index is 11.1. The normalized spacial score (nSPS) is 22.3. The second kappa shape index (κ2) is 2.95. The molecule has 0 saturated carbocycles. The number of hydroxylamine groups is 1. The van der Waals surface area contributed by atoms with Crippen LogP contribution in [-0.2, 0) is 4.74 Å². The molecule has 3 nitrogen and oxygen atoms in total. The third-order valence-corrected chi connectivity index (χ3v) is 1.82. The molecule has 0 N–H and O–H groups in total. The summed E-state index contributed by atoms with van der Waals surface area (Å²) in [6.07, 6.45) is 1.06. The molecule has 0 radical (unpaired) electrons. The van der Waals surface area contributed by atoms with Crippen molar-refractivity contribution in [1.82, 2.24) is 0 Å². The molecule has 1 aliphatic rings. The van der Waals surface area contributed by atoms with E-state index in [-0.39, 0.29) is 0 Å². The van der Waals surface area contributed by atoms with E-state index in [0.29, 0.717) is 6.61 Å². The van der Waals surface area contributed by atoms with E-state index in [1.165, 1.54) is 6.21 Å². The van der Waals surface area contributed by atoms with E-state index in [9.17, 15) is 5.21 Å². The van der Waals surface area contributed by atoms with Crippen molar-refractivity contribution < 1.29 is 9.48 Å². The molecule has 1 unspecified atom stereocenters. The summed E-state index contributed by atoms with van der Waals surface area (Å²) in [5.41, 5.74) is 0.904. The van der Waals surface area contributed by atoms with E-state index in [1.807, 2.05) is 30.3 Å². The fourth-order valence-electron chi connectivity index (χ4n) is 1.24. The van der Waals surface area contributed by atoms with E-state index >= 15 is 0 Å². The molecular weight excluding hydrogens is 154 g/mol. The first-order valence-electron chi connectivity index (χ1n) is 3.83. The van der Waals surface area contributed by atoms with Crippen molar-refractivity contribution in [3.05, 3.63) is 41.1 Å². The zero-order chi connectivity index (χ0) is 8.39. The first kappa shape index (κ1) is 7.31. The van der Waals surface area contributed by atoms with Gasteiger partial charge in [0.15, 0.2) is 6.21 Å². The Morgan fingerprint density at radius 2 is 2.08 bits per heavy atom. The maximum absolute atomic E-state index is 11.1. The molecule has 1 aromatic carbocycles. The van der Waals surface area contributed by atoms with Crippen LogP contribution >= 0.6 is 0 Å². The van der Waals surface area contributed by atoms with Gasteiger partial charge in [0.05, 0.1) is 5.56 Å². The number of hydrogen-bond acceptors (Lipinski definition) is 2. The molecule has 0 aliphatic carbocycles. The largest absolute Gasteiger partial charge is 0.622 e. The van der Waals surface area contributed by atoms with Crippen molar-refractivity contribution in [3.8, 4) is 0 Å². The molecule has 62 valence electrons. The van der Waals surface area contributed by atoms with Gasteiger partial charge in [-0.1, -0.05) is 18.2 Å². The van der Waals surface area contributed by atoms with Gasteiger partial charge in [-0.25, -0.2) is 0 Å². The molecule has 0 spiro atoms. The highest BCUT2D eigenvalue weighted by Crippen LogP contribution is 2.19. The Kier molecular flexibility index (Phi) is 1.80. The molecule has 0 bridgehead atoms. The molecule has 0 aromatic heterocycles. The molecule has 0 amide bonds. The van der Waals surface area contributed by atoms with Crippen molar-refractivity contribution in [2.45, 2.75) is 6.23 Å². The van der Waals surface area contributed by atoms with E-state index in [0.717, 1.165) is 10.3 Å². The summed E-state index contributed by atoms with van der Waals surface area (Å²) in [5, 5.41) is 11.1. The Balaban J connectivity index is 2.27. The Morgan fingerprint density at radius 3 is 2.67 bits per heavy atom. The van der Waals surface area contributed by atoms with Crippen LogP contribution in [0, 0.1) is 5.21 Å². The molecule has 1 aliphatic heterocycles. The minimum atomic E-state index is -0.439. The lowest BCUT2D eigenvalue weighted by Crippen LogP contribution is -2.08. The first-order valence-corrected chi connectivity index (χ1v) is 3.83. The van der Waals surface area contributed by atoms with Gasteiger partial charge in [-0.2, -0.15) is 4.74 Å². The van der Waals surface area contributed by atoms with Gasteiger partial charge in [0.1, 0.15) is 6.61 Å². The lowest BCUT2D eigenvalue weighted by molar-refractivity contribution is -0.541. The summed E-state index contributed by atoms with van der Waals surface area (Å²) in [4.78, 5) is 0. The number of benzene rings is 1. The van der Waals surface area contributed by atoms with E-state index in [1.54, 1.807) is 0 Å². The predicted octanol–water partition coefficient (Wildman–Crippen LogP) is 1.30. The van der Waals surface area contributed by atoms with Crippen LogP contribution in [0.5, 0.6) is 0 Å². The fraction of sp³-hybridized carbons (Fsp3) is 0.222. The van der Waals surface area contributed by atoms with Crippen LogP contribution in [-0.4, -0.2) is 17.6 Å². The highest BCUT2D eigenvalue weighted by Gasteiger charge is 2.23. The number of nitrogens with zero attached hydrogens (tertiary/aromatic N) is 1. The number of rotatable bonds is 1. The van der Waals surface area contributed by atoms with E-state index in [4.69, 9.17) is 4.74 Å². The van der Waals surface area contributed by atoms with E-state index in [2.05, 4.69) is 0 Å². The van der Waals surface area contributed by atoms with Gasteiger partial charge in [0.2, 0.25) is 0 Å². The monoisotopic (exact) mass is 163 g/mol.